The number of Topliss-reactive ketones (excluding diaryl/α,β-unsaturated/α-hetero) is 1. The molecule has 0 radical (unpaired) electrons. The molecule has 19 heavy (non-hydrogen) atoms. The summed E-state index contributed by atoms with van der Waals surface area (Å²) < 4.78 is 9.55. The van der Waals surface area contributed by atoms with Gasteiger partial charge in [-0.1, -0.05) is 11.6 Å². The Balaban J connectivity index is 2.85. The minimum atomic E-state index is -0.741. The van der Waals surface area contributed by atoms with Crippen molar-refractivity contribution < 1.29 is 29.3 Å². The molecule has 1 aromatic rings. The molecular formula is C12H9ClO6. The molecule has 0 heterocycles. The molecule has 0 atom stereocenters. The minimum absolute atomic E-state index is 0.242. The maximum absolute atomic E-state index is 12.0. The third-order valence-corrected chi connectivity index (χ3v) is 3.08. The first-order valence-electron chi connectivity index (χ1n) is 5.10. The van der Waals surface area contributed by atoms with Crippen LogP contribution in [0, 0.1) is 0 Å². The van der Waals surface area contributed by atoms with Crippen molar-refractivity contribution >= 4 is 23.2 Å². The van der Waals surface area contributed by atoms with Crippen LogP contribution in [0.1, 0.15) is 20.7 Å². The van der Waals surface area contributed by atoms with Gasteiger partial charge in [0.2, 0.25) is 5.78 Å². The van der Waals surface area contributed by atoms with E-state index in [4.69, 9.17) is 21.1 Å². The number of rotatable bonds is 2. The highest BCUT2D eigenvalue weighted by molar-refractivity contribution is 6.36. The Bertz CT molecular complexity index is 632. The maximum Gasteiger partial charge on any atom is 0.232 e. The monoisotopic (exact) mass is 284 g/mol. The van der Waals surface area contributed by atoms with Crippen LogP contribution in [-0.2, 0) is 4.74 Å². The number of fused-ring (bicyclic) bond motifs is 1. The topological polar surface area (TPSA) is 93.1 Å². The number of phenols is 2. The Morgan fingerprint density at radius 3 is 2.21 bits per heavy atom. The van der Waals surface area contributed by atoms with Crippen molar-refractivity contribution in [2.24, 2.45) is 0 Å². The zero-order valence-electron chi connectivity index (χ0n) is 9.98. The summed E-state index contributed by atoms with van der Waals surface area (Å²) >= 11 is 5.78. The number of ether oxygens (including phenoxy) is 2. The van der Waals surface area contributed by atoms with Crippen molar-refractivity contribution in [3.8, 4) is 17.2 Å². The van der Waals surface area contributed by atoms with E-state index in [-0.39, 0.29) is 22.1 Å². The number of hydrogen-bond donors (Lipinski definition) is 2. The van der Waals surface area contributed by atoms with Crippen LogP contribution in [0.5, 0.6) is 17.2 Å². The number of phenolic OH excluding ortho intramolecular Hbond substituents is 2. The van der Waals surface area contributed by atoms with Crippen LogP contribution in [-0.4, -0.2) is 36.0 Å². The maximum atomic E-state index is 12.0. The molecule has 100 valence electrons. The van der Waals surface area contributed by atoms with E-state index in [0.29, 0.717) is 0 Å². The lowest BCUT2D eigenvalue weighted by Crippen LogP contribution is -2.19. The fraction of sp³-hybridized carbons (Fsp3) is 0.167. The smallest absolute Gasteiger partial charge is 0.232 e. The lowest BCUT2D eigenvalue weighted by atomic mass is 9.91. The molecule has 0 aromatic heterocycles. The Kier molecular flexibility index (Phi) is 3.11. The quantitative estimate of drug-likeness (QED) is 0.803. The summed E-state index contributed by atoms with van der Waals surface area (Å²) in [7, 11) is 2.42. The van der Waals surface area contributed by atoms with Gasteiger partial charge >= 0.3 is 0 Å². The average Bonchev–Trinajstić information content (AvgIpc) is 2.38. The number of benzene rings is 1. The second-order valence-electron chi connectivity index (χ2n) is 3.70. The van der Waals surface area contributed by atoms with E-state index in [1.54, 1.807) is 0 Å². The molecule has 1 aliphatic carbocycles. The number of aromatic hydroxyl groups is 2. The van der Waals surface area contributed by atoms with E-state index in [0.717, 1.165) is 6.08 Å². The first-order chi connectivity index (χ1) is 8.93. The molecule has 0 spiro atoms. The summed E-state index contributed by atoms with van der Waals surface area (Å²) in [6.07, 6.45) is 0.928. The first-order valence-corrected chi connectivity index (χ1v) is 5.47. The molecule has 6 nitrogen and oxygen atoms in total. The molecule has 2 N–H and O–H groups in total. The SMILES string of the molecule is COC1=CC(=O)c2c(O)c(OC)c(Cl)c(O)c2C1=O. The zero-order valence-corrected chi connectivity index (χ0v) is 10.7. The lowest BCUT2D eigenvalue weighted by Gasteiger charge is -2.19. The number of methoxy groups -OCH3 is 2. The van der Waals surface area contributed by atoms with Crippen LogP contribution >= 0.6 is 11.6 Å². The van der Waals surface area contributed by atoms with Gasteiger partial charge in [-0.15, -0.1) is 0 Å². The highest BCUT2D eigenvalue weighted by Gasteiger charge is 2.36. The van der Waals surface area contributed by atoms with Gasteiger partial charge in [0.15, 0.2) is 23.0 Å². The Labute approximate surface area is 112 Å². The van der Waals surface area contributed by atoms with Crippen LogP contribution < -0.4 is 4.74 Å². The van der Waals surface area contributed by atoms with Gasteiger partial charge in [-0.25, -0.2) is 0 Å². The Hall–Kier alpha value is -2.21. The van der Waals surface area contributed by atoms with E-state index in [9.17, 15) is 19.8 Å². The molecular weight excluding hydrogens is 276 g/mol. The summed E-state index contributed by atoms with van der Waals surface area (Å²) in [5.41, 5.74) is -0.753. The lowest BCUT2D eigenvalue weighted by molar-refractivity contribution is 0.0911. The van der Waals surface area contributed by atoms with Crippen LogP contribution in [0.15, 0.2) is 11.8 Å². The molecule has 2 rings (SSSR count). The summed E-state index contributed by atoms with van der Waals surface area (Å²) in [5, 5.41) is 19.5. The fourth-order valence-corrected chi connectivity index (χ4v) is 2.11. The van der Waals surface area contributed by atoms with Gasteiger partial charge in [0.05, 0.1) is 25.3 Å². The van der Waals surface area contributed by atoms with E-state index in [2.05, 4.69) is 0 Å². The molecule has 1 aromatic carbocycles. The van der Waals surface area contributed by atoms with Gasteiger partial charge in [-0.3, -0.25) is 9.59 Å². The van der Waals surface area contributed by atoms with Crippen LogP contribution in [0.2, 0.25) is 5.02 Å². The van der Waals surface area contributed by atoms with Gasteiger partial charge in [0.25, 0.3) is 0 Å². The predicted octanol–water partition coefficient (Wildman–Crippen LogP) is 1.67. The third kappa shape index (κ3) is 1.72. The normalized spacial score (nSPS) is 13.9. The molecule has 0 amide bonds. The van der Waals surface area contributed by atoms with Crippen LogP contribution in [0.3, 0.4) is 0 Å². The highest BCUT2D eigenvalue weighted by Crippen LogP contribution is 2.48. The van der Waals surface area contributed by atoms with E-state index in [1.807, 2.05) is 0 Å². The molecule has 7 heteroatoms. The molecule has 0 saturated heterocycles. The summed E-state index contributed by atoms with van der Waals surface area (Å²) in [6.45, 7) is 0. The third-order valence-electron chi connectivity index (χ3n) is 2.73. The number of halogens is 1. The van der Waals surface area contributed by atoms with Crippen molar-refractivity contribution in [3.63, 3.8) is 0 Å². The molecule has 0 saturated carbocycles. The van der Waals surface area contributed by atoms with Crippen molar-refractivity contribution in [2.75, 3.05) is 14.2 Å². The van der Waals surface area contributed by atoms with Crippen molar-refractivity contribution in [1.82, 2.24) is 0 Å². The van der Waals surface area contributed by atoms with Gasteiger partial charge in [-0.05, 0) is 0 Å². The number of allylic oxidation sites excluding steroid dienone is 2. The average molecular weight is 285 g/mol. The number of carbonyl (C=O) groups excluding carboxylic acids is 2. The first kappa shape index (κ1) is 13.2. The minimum Gasteiger partial charge on any atom is -0.505 e. The highest BCUT2D eigenvalue weighted by atomic mass is 35.5. The van der Waals surface area contributed by atoms with Crippen molar-refractivity contribution in [3.05, 3.63) is 28.0 Å². The van der Waals surface area contributed by atoms with Gasteiger partial charge in [-0.2, -0.15) is 0 Å². The van der Waals surface area contributed by atoms with E-state index < -0.39 is 28.6 Å². The fourth-order valence-electron chi connectivity index (χ4n) is 1.85. The summed E-state index contributed by atoms with van der Waals surface area (Å²) in [5.74, 6) is -3.16. The number of carbonyl (C=O) groups is 2. The second kappa shape index (κ2) is 4.47. The molecule has 0 unspecified atom stereocenters. The Morgan fingerprint density at radius 1 is 1.05 bits per heavy atom. The number of hydrogen-bond acceptors (Lipinski definition) is 6. The summed E-state index contributed by atoms with van der Waals surface area (Å²) in [6, 6.07) is 0. The molecule has 0 aliphatic heterocycles. The predicted molar refractivity (Wildman–Crippen MR) is 65.1 cm³/mol. The molecule has 0 bridgehead atoms. The van der Waals surface area contributed by atoms with Gasteiger partial charge in [0.1, 0.15) is 10.8 Å². The van der Waals surface area contributed by atoms with Crippen molar-refractivity contribution in [2.45, 2.75) is 0 Å². The second-order valence-corrected chi connectivity index (χ2v) is 4.08. The summed E-state index contributed by atoms with van der Waals surface area (Å²) in [4.78, 5) is 23.9. The van der Waals surface area contributed by atoms with E-state index >= 15 is 0 Å². The molecule has 1 aliphatic rings. The molecule has 0 fully saturated rings. The van der Waals surface area contributed by atoms with Gasteiger partial charge in [0, 0.05) is 6.08 Å². The Morgan fingerprint density at radius 2 is 1.68 bits per heavy atom. The largest absolute Gasteiger partial charge is 0.505 e. The van der Waals surface area contributed by atoms with Crippen LogP contribution in [0.25, 0.3) is 0 Å². The number of ketones is 2. The van der Waals surface area contributed by atoms with Gasteiger partial charge < -0.3 is 19.7 Å². The van der Waals surface area contributed by atoms with E-state index in [1.165, 1.54) is 14.2 Å². The zero-order chi connectivity index (χ0) is 14.3. The standard InChI is InChI=1S/C12H9ClO6/c1-18-5-3-4(14)6-7(9(5)15)10(16)8(13)12(19-2)11(6)17/h3,16-17H,1-2H3. The van der Waals surface area contributed by atoms with Crippen molar-refractivity contribution in [1.29, 1.82) is 0 Å². The van der Waals surface area contributed by atoms with Crippen LogP contribution in [0.4, 0.5) is 0 Å².